The van der Waals surface area contributed by atoms with E-state index in [0.29, 0.717) is 0 Å². The first-order chi connectivity index (χ1) is 7.93. The lowest BCUT2D eigenvalue weighted by atomic mass is 10.2. The normalized spacial score (nSPS) is 10.8. The van der Waals surface area contributed by atoms with Gasteiger partial charge in [-0.25, -0.2) is 0 Å². The van der Waals surface area contributed by atoms with Crippen molar-refractivity contribution >= 4 is 21.6 Å². The van der Waals surface area contributed by atoms with Crippen molar-refractivity contribution in [2.75, 3.05) is 0 Å². The summed E-state index contributed by atoms with van der Waals surface area (Å²) < 4.78 is 3.65. The van der Waals surface area contributed by atoms with Crippen LogP contribution in [0.25, 0.3) is 10.2 Å². The smallest absolute Gasteiger partial charge is 0.184 e. The quantitative estimate of drug-likeness (QED) is 0.591. The number of aromatic nitrogens is 1. The summed E-state index contributed by atoms with van der Waals surface area (Å²) in [5, 5.41) is 0. The Morgan fingerprint density at radius 3 is 2.50 bits per heavy atom. The number of para-hydroxylation sites is 1. The molecular formula is C14H12NS+. The first-order valence-corrected chi connectivity index (χ1v) is 6.21. The van der Waals surface area contributed by atoms with Crippen molar-refractivity contribution in [1.29, 1.82) is 0 Å². The standard InChI is InChI=1S/C14H12NS/c1-2-6-12(7-3-1)10-15-11-16-14-9-5-4-8-13(14)15/h1-9,11H,10H2/q+1. The molecule has 3 aromatic rings. The van der Waals surface area contributed by atoms with Gasteiger partial charge in [0.2, 0.25) is 11.0 Å². The van der Waals surface area contributed by atoms with Gasteiger partial charge < -0.3 is 0 Å². The van der Waals surface area contributed by atoms with Crippen LogP contribution in [0, 0.1) is 0 Å². The maximum Gasteiger partial charge on any atom is 0.226 e. The Morgan fingerprint density at radius 1 is 0.875 bits per heavy atom. The molecule has 0 amide bonds. The van der Waals surface area contributed by atoms with Crippen molar-refractivity contribution in [3.8, 4) is 0 Å². The highest BCUT2D eigenvalue weighted by Crippen LogP contribution is 2.15. The molecule has 0 aliphatic carbocycles. The van der Waals surface area contributed by atoms with E-state index in [0.717, 1.165) is 6.54 Å². The third kappa shape index (κ3) is 1.72. The van der Waals surface area contributed by atoms with Gasteiger partial charge in [-0.2, -0.15) is 4.57 Å². The van der Waals surface area contributed by atoms with Crippen molar-refractivity contribution in [3.63, 3.8) is 0 Å². The summed E-state index contributed by atoms with van der Waals surface area (Å²) in [5.41, 5.74) is 4.85. The molecule has 3 rings (SSSR count). The van der Waals surface area contributed by atoms with Crippen LogP contribution in [0.15, 0.2) is 60.1 Å². The van der Waals surface area contributed by atoms with Crippen LogP contribution in [0.5, 0.6) is 0 Å². The number of fused-ring (bicyclic) bond motifs is 1. The van der Waals surface area contributed by atoms with Crippen molar-refractivity contribution in [1.82, 2.24) is 0 Å². The molecule has 16 heavy (non-hydrogen) atoms. The second-order valence-corrected chi connectivity index (χ2v) is 4.69. The minimum Gasteiger partial charge on any atom is -0.184 e. The number of nitrogens with zero attached hydrogens (tertiary/aromatic N) is 1. The molecule has 0 aliphatic rings. The first-order valence-electron chi connectivity index (χ1n) is 5.33. The Hall–Kier alpha value is -1.67. The average Bonchev–Trinajstić information content (AvgIpc) is 2.74. The summed E-state index contributed by atoms with van der Waals surface area (Å²) in [6.07, 6.45) is 0. The fraction of sp³-hybridized carbons (Fsp3) is 0.0714. The van der Waals surface area contributed by atoms with Crippen LogP contribution < -0.4 is 4.57 Å². The maximum absolute atomic E-state index is 2.30. The molecule has 0 N–H and O–H groups in total. The third-order valence-corrected chi connectivity index (χ3v) is 3.64. The lowest BCUT2D eigenvalue weighted by molar-refractivity contribution is -0.658. The molecule has 0 bridgehead atoms. The Balaban J connectivity index is 2.01. The Morgan fingerprint density at radius 2 is 1.62 bits per heavy atom. The van der Waals surface area contributed by atoms with Gasteiger partial charge in [0.1, 0.15) is 4.70 Å². The average molecular weight is 226 g/mol. The van der Waals surface area contributed by atoms with Crippen LogP contribution in [0.3, 0.4) is 0 Å². The molecule has 1 aromatic heterocycles. The van der Waals surface area contributed by atoms with Gasteiger partial charge in [-0.1, -0.05) is 53.8 Å². The minimum absolute atomic E-state index is 0.949. The SMILES string of the molecule is c1ccc(C[n+]2csc3ccccc32)cc1. The fourth-order valence-electron chi connectivity index (χ4n) is 1.87. The van der Waals surface area contributed by atoms with Crippen LogP contribution in [0.2, 0.25) is 0 Å². The summed E-state index contributed by atoms with van der Waals surface area (Å²) in [5.74, 6) is 0. The molecule has 78 valence electrons. The van der Waals surface area contributed by atoms with Crippen LogP contribution in [-0.2, 0) is 6.54 Å². The summed E-state index contributed by atoms with van der Waals surface area (Å²) in [4.78, 5) is 0. The summed E-state index contributed by atoms with van der Waals surface area (Å²) in [6.45, 7) is 0.949. The number of hydrogen-bond acceptors (Lipinski definition) is 1. The molecule has 0 unspecified atom stereocenters. The predicted molar refractivity (Wildman–Crippen MR) is 67.6 cm³/mol. The Kier molecular flexibility index (Phi) is 2.43. The fourth-order valence-corrected chi connectivity index (χ4v) is 2.77. The molecule has 1 nitrogen and oxygen atoms in total. The predicted octanol–water partition coefficient (Wildman–Crippen LogP) is 3.24. The van der Waals surface area contributed by atoms with E-state index in [-0.39, 0.29) is 0 Å². The second-order valence-electron chi connectivity index (χ2n) is 3.80. The van der Waals surface area contributed by atoms with Gasteiger partial charge in [-0.05, 0) is 6.07 Å². The summed E-state index contributed by atoms with van der Waals surface area (Å²) >= 11 is 1.80. The van der Waals surface area contributed by atoms with E-state index in [1.165, 1.54) is 15.8 Å². The van der Waals surface area contributed by atoms with E-state index in [2.05, 4.69) is 64.7 Å². The van der Waals surface area contributed by atoms with Gasteiger partial charge in [-0.3, -0.25) is 0 Å². The van der Waals surface area contributed by atoms with Crippen molar-refractivity contribution in [3.05, 3.63) is 65.7 Å². The maximum atomic E-state index is 2.30. The van der Waals surface area contributed by atoms with Crippen LogP contribution in [0.1, 0.15) is 5.56 Å². The van der Waals surface area contributed by atoms with Crippen molar-refractivity contribution in [2.24, 2.45) is 0 Å². The van der Waals surface area contributed by atoms with Crippen LogP contribution in [0.4, 0.5) is 0 Å². The zero-order valence-corrected chi connectivity index (χ0v) is 9.65. The van der Waals surface area contributed by atoms with Gasteiger partial charge in [0.15, 0.2) is 6.54 Å². The molecule has 2 aromatic carbocycles. The number of benzene rings is 2. The van der Waals surface area contributed by atoms with Gasteiger partial charge in [0.25, 0.3) is 0 Å². The zero-order chi connectivity index (χ0) is 10.8. The van der Waals surface area contributed by atoms with Gasteiger partial charge in [0, 0.05) is 11.6 Å². The van der Waals surface area contributed by atoms with Crippen LogP contribution >= 0.6 is 11.3 Å². The summed E-state index contributed by atoms with van der Waals surface area (Å²) in [7, 11) is 0. The highest BCUT2D eigenvalue weighted by Gasteiger charge is 2.10. The largest absolute Gasteiger partial charge is 0.226 e. The molecule has 0 saturated carbocycles. The molecule has 0 spiro atoms. The molecule has 0 fully saturated rings. The third-order valence-electron chi connectivity index (χ3n) is 2.68. The van der Waals surface area contributed by atoms with Crippen molar-refractivity contribution < 1.29 is 4.57 Å². The molecule has 0 radical (unpaired) electrons. The molecule has 0 atom stereocenters. The highest BCUT2D eigenvalue weighted by atomic mass is 32.1. The van der Waals surface area contributed by atoms with E-state index in [9.17, 15) is 0 Å². The minimum atomic E-state index is 0.949. The van der Waals surface area contributed by atoms with E-state index in [1.54, 1.807) is 11.3 Å². The number of thiazole rings is 1. The van der Waals surface area contributed by atoms with Gasteiger partial charge in [0.05, 0.1) is 0 Å². The molecule has 1 heterocycles. The zero-order valence-electron chi connectivity index (χ0n) is 8.84. The molecule has 0 saturated heterocycles. The number of rotatable bonds is 2. The Labute approximate surface area is 98.6 Å². The number of hydrogen-bond donors (Lipinski definition) is 0. The van der Waals surface area contributed by atoms with Crippen LogP contribution in [-0.4, -0.2) is 0 Å². The molecular weight excluding hydrogens is 214 g/mol. The molecule has 2 heteroatoms. The van der Waals surface area contributed by atoms with E-state index in [4.69, 9.17) is 0 Å². The van der Waals surface area contributed by atoms with Gasteiger partial charge in [-0.15, -0.1) is 0 Å². The topological polar surface area (TPSA) is 3.88 Å². The second kappa shape index (κ2) is 4.06. The van der Waals surface area contributed by atoms with E-state index >= 15 is 0 Å². The monoisotopic (exact) mass is 226 g/mol. The Bertz CT molecular complexity index is 598. The first kappa shape index (κ1) is 9.55. The highest BCUT2D eigenvalue weighted by molar-refractivity contribution is 7.16. The lowest BCUT2D eigenvalue weighted by Crippen LogP contribution is -2.31. The van der Waals surface area contributed by atoms with E-state index < -0.39 is 0 Å². The summed E-state index contributed by atoms with van der Waals surface area (Å²) in [6, 6.07) is 19.1. The van der Waals surface area contributed by atoms with Gasteiger partial charge >= 0.3 is 0 Å². The van der Waals surface area contributed by atoms with E-state index in [1.807, 2.05) is 0 Å². The van der Waals surface area contributed by atoms with Crippen molar-refractivity contribution in [2.45, 2.75) is 6.54 Å². The molecule has 0 aliphatic heterocycles. The lowest BCUT2D eigenvalue weighted by Gasteiger charge is -1.95.